The molecule has 0 heterocycles. The largest absolute Gasteiger partial charge is 0.379 e. The lowest BCUT2D eigenvalue weighted by Gasteiger charge is -2.15. The number of ether oxygens (including phenoxy) is 2. The molecular weight excluding hydrogens is 166 g/mol. The van der Waals surface area contributed by atoms with Crippen LogP contribution in [0.5, 0.6) is 0 Å². The molecule has 0 spiro atoms. The van der Waals surface area contributed by atoms with Crippen molar-refractivity contribution in [1.82, 2.24) is 5.32 Å². The Labute approximate surface area is 80.8 Å². The maximum atomic E-state index is 5.36. The van der Waals surface area contributed by atoms with Crippen LogP contribution in [-0.4, -0.2) is 38.5 Å². The molecule has 78 valence electrons. The topological polar surface area (TPSA) is 30.5 Å². The van der Waals surface area contributed by atoms with Crippen molar-refractivity contribution in [3.63, 3.8) is 0 Å². The normalized spacial score (nSPS) is 34.4. The quantitative estimate of drug-likeness (QED) is 0.717. The molecule has 1 N–H and O–H groups in total. The second-order valence-electron chi connectivity index (χ2n) is 4.04. The third-order valence-electron chi connectivity index (χ3n) is 2.62. The number of rotatable bonds is 4. The van der Waals surface area contributed by atoms with Gasteiger partial charge in [-0.05, 0) is 12.8 Å². The van der Waals surface area contributed by atoms with Crippen LogP contribution >= 0.6 is 0 Å². The van der Waals surface area contributed by atoms with E-state index in [-0.39, 0.29) is 12.2 Å². The zero-order valence-corrected chi connectivity index (χ0v) is 9.04. The summed E-state index contributed by atoms with van der Waals surface area (Å²) in [7, 11) is 3.52. The molecule has 1 rings (SSSR count). The minimum Gasteiger partial charge on any atom is -0.379 e. The SMILES string of the molecule is COC1CC(NC(C)C)C[C@@H]1OC. The molecule has 0 radical (unpaired) electrons. The summed E-state index contributed by atoms with van der Waals surface area (Å²) in [5, 5.41) is 3.51. The standard InChI is InChI=1S/C10H21NO2/c1-7(2)11-8-5-9(12-3)10(6-8)13-4/h7-11H,5-6H2,1-4H3/t8?,9-,10?/m0/s1. The van der Waals surface area contributed by atoms with Crippen LogP contribution in [0.1, 0.15) is 26.7 Å². The van der Waals surface area contributed by atoms with Crippen molar-refractivity contribution in [3.8, 4) is 0 Å². The van der Waals surface area contributed by atoms with Crippen LogP contribution in [-0.2, 0) is 9.47 Å². The summed E-state index contributed by atoms with van der Waals surface area (Å²) in [5.74, 6) is 0. The van der Waals surface area contributed by atoms with Crippen LogP contribution in [0.25, 0.3) is 0 Å². The molecule has 1 aliphatic rings. The van der Waals surface area contributed by atoms with Crippen LogP contribution in [0, 0.1) is 0 Å². The molecule has 0 aliphatic heterocycles. The third-order valence-corrected chi connectivity index (χ3v) is 2.62. The molecule has 0 amide bonds. The predicted molar refractivity (Wildman–Crippen MR) is 52.9 cm³/mol. The van der Waals surface area contributed by atoms with E-state index in [1.165, 1.54) is 0 Å². The Bertz CT molecular complexity index is 138. The van der Waals surface area contributed by atoms with Crippen molar-refractivity contribution in [3.05, 3.63) is 0 Å². The number of nitrogens with one attached hydrogen (secondary N) is 1. The zero-order valence-electron chi connectivity index (χ0n) is 9.04. The van der Waals surface area contributed by atoms with Gasteiger partial charge < -0.3 is 14.8 Å². The van der Waals surface area contributed by atoms with E-state index in [1.807, 2.05) is 0 Å². The Morgan fingerprint density at radius 3 is 1.85 bits per heavy atom. The van der Waals surface area contributed by atoms with Gasteiger partial charge in [-0.25, -0.2) is 0 Å². The summed E-state index contributed by atoms with van der Waals surface area (Å²) in [6, 6.07) is 1.09. The van der Waals surface area contributed by atoms with E-state index in [0.29, 0.717) is 12.1 Å². The Hall–Kier alpha value is -0.120. The van der Waals surface area contributed by atoms with Crippen molar-refractivity contribution in [2.75, 3.05) is 14.2 Å². The molecule has 3 atom stereocenters. The van der Waals surface area contributed by atoms with Gasteiger partial charge in [-0.15, -0.1) is 0 Å². The highest BCUT2D eigenvalue weighted by atomic mass is 16.5. The van der Waals surface area contributed by atoms with E-state index < -0.39 is 0 Å². The summed E-state index contributed by atoms with van der Waals surface area (Å²) >= 11 is 0. The highest BCUT2D eigenvalue weighted by molar-refractivity contribution is 4.89. The van der Waals surface area contributed by atoms with Crippen molar-refractivity contribution >= 4 is 0 Å². The minimum absolute atomic E-state index is 0.265. The zero-order chi connectivity index (χ0) is 9.84. The first-order valence-corrected chi connectivity index (χ1v) is 4.99. The van der Waals surface area contributed by atoms with E-state index >= 15 is 0 Å². The predicted octanol–water partition coefficient (Wildman–Crippen LogP) is 1.18. The molecule has 0 aromatic heterocycles. The van der Waals surface area contributed by atoms with Gasteiger partial charge in [-0.3, -0.25) is 0 Å². The Morgan fingerprint density at radius 2 is 1.54 bits per heavy atom. The third kappa shape index (κ3) is 2.93. The lowest BCUT2D eigenvalue weighted by molar-refractivity contribution is -0.0157. The van der Waals surface area contributed by atoms with E-state index in [2.05, 4.69) is 19.2 Å². The molecule has 1 saturated carbocycles. The first-order chi connectivity index (χ1) is 6.17. The lowest BCUT2D eigenvalue weighted by atomic mass is 10.2. The summed E-state index contributed by atoms with van der Waals surface area (Å²) in [4.78, 5) is 0. The molecule has 1 fully saturated rings. The van der Waals surface area contributed by atoms with E-state index in [1.54, 1.807) is 14.2 Å². The molecule has 0 saturated heterocycles. The van der Waals surface area contributed by atoms with Gasteiger partial charge >= 0.3 is 0 Å². The van der Waals surface area contributed by atoms with Crippen molar-refractivity contribution in [1.29, 1.82) is 0 Å². The Balaban J connectivity index is 2.38. The fourth-order valence-electron chi connectivity index (χ4n) is 2.06. The summed E-state index contributed by atoms with van der Waals surface area (Å²) < 4.78 is 10.7. The van der Waals surface area contributed by atoms with Crippen LogP contribution in [0.3, 0.4) is 0 Å². The molecule has 0 aromatic carbocycles. The number of methoxy groups -OCH3 is 2. The van der Waals surface area contributed by atoms with Crippen LogP contribution < -0.4 is 5.32 Å². The highest BCUT2D eigenvalue weighted by Gasteiger charge is 2.34. The first-order valence-electron chi connectivity index (χ1n) is 4.99. The fraction of sp³-hybridized carbons (Fsp3) is 1.00. The summed E-state index contributed by atoms with van der Waals surface area (Å²) in [5.41, 5.74) is 0. The highest BCUT2D eigenvalue weighted by Crippen LogP contribution is 2.24. The molecule has 1 aliphatic carbocycles. The molecule has 2 unspecified atom stereocenters. The fourth-order valence-corrected chi connectivity index (χ4v) is 2.06. The Morgan fingerprint density at radius 1 is 1.08 bits per heavy atom. The molecule has 3 nitrogen and oxygen atoms in total. The van der Waals surface area contributed by atoms with Gasteiger partial charge in [-0.2, -0.15) is 0 Å². The summed E-state index contributed by atoms with van der Waals surface area (Å²) in [6.45, 7) is 4.34. The van der Waals surface area contributed by atoms with Gasteiger partial charge in [0.1, 0.15) is 0 Å². The van der Waals surface area contributed by atoms with E-state index in [9.17, 15) is 0 Å². The number of hydrogen-bond acceptors (Lipinski definition) is 3. The maximum absolute atomic E-state index is 5.36. The summed E-state index contributed by atoms with van der Waals surface area (Å²) in [6.07, 6.45) is 2.66. The van der Waals surface area contributed by atoms with Gasteiger partial charge in [0.25, 0.3) is 0 Å². The van der Waals surface area contributed by atoms with E-state index in [0.717, 1.165) is 12.8 Å². The second kappa shape index (κ2) is 4.94. The average Bonchev–Trinajstić information content (AvgIpc) is 2.45. The van der Waals surface area contributed by atoms with Gasteiger partial charge in [0, 0.05) is 26.3 Å². The molecular formula is C10H21NO2. The maximum Gasteiger partial charge on any atom is 0.0848 e. The molecule has 3 heteroatoms. The van der Waals surface area contributed by atoms with E-state index in [4.69, 9.17) is 9.47 Å². The van der Waals surface area contributed by atoms with Gasteiger partial charge in [0.2, 0.25) is 0 Å². The van der Waals surface area contributed by atoms with Crippen molar-refractivity contribution < 1.29 is 9.47 Å². The smallest absolute Gasteiger partial charge is 0.0848 e. The minimum atomic E-state index is 0.265. The molecule has 0 aromatic rings. The van der Waals surface area contributed by atoms with Crippen LogP contribution in [0.15, 0.2) is 0 Å². The lowest BCUT2D eigenvalue weighted by Crippen LogP contribution is -2.33. The van der Waals surface area contributed by atoms with Crippen LogP contribution in [0.2, 0.25) is 0 Å². The van der Waals surface area contributed by atoms with Gasteiger partial charge in [0.05, 0.1) is 12.2 Å². The Kier molecular flexibility index (Phi) is 4.16. The van der Waals surface area contributed by atoms with Gasteiger partial charge in [0.15, 0.2) is 0 Å². The van der Waals surface area contributed by atoms with Gasteiger partial charge in [-0.1, -0.05) is 13.8 Å². The molecule has 0 bridgehead atoms. The van der Waals surface area contributed by atoms with Crippen LogP contribution in [0.4, 0.5) is 0 Å². The monoisotopic (exact) mass is 187 g/mol. The van der Waals surface area contributed by atoms with Crippen molar-refractivity contribution in [2.45, 2.75) is 51.0 Å². The number of hydrogen-bond donors (Lipinski definition) is 1. The second-order valence-corrected chi connectivity index (χ2v) is 4.04. The van der Waals surface area contributed by atoms with Crippen molar-refractivity contribution in [2.24, 2.45) is 0 Å². The average molecular weight is 187 g/mol. The first kappa shape index (κ1) is 11.0. The molecule has 13 heavy (non-hydrogen) atoms.